The van der Waals surface area contributed by atoms with Crippen molar-refractivity contribution in [3.8, 4) is 5.75 Å². The molecule has 100 valence electrons. The molecule has 0 fully saturated rings. The van der Waals surface area contributed by atoms with Crippen molar-refractivity contribution in [2.45, 2.75) is 27.0 Å². The Kier molecular flexibility index (Phi) is 6.54. The summed E-state index contributed by atoms with van der Waals surface area (Å²) in [6, 6.07) is 0. The molecule has 1 heterocycles. The van der Waals surface area contributed by atoms with Crippen LogP contribution in [0.3, 0.4) is 0 Å². The molecule has 1 rings (SSSR count). The van der Waals surface area contributed by atoms with Crippen LogP contribution >= 0.6 is 0 Å². The minimum atomic E-state index is -1.38. The highest BCUT2D eigenvalue weighted by atomic mass is 16.4. The Morgan fingerprint density at radius 2 is 1.94 bits per heavy atom. The fourth-order valence-corrected chi connectivity index (χ4v) is 1.05. The number of carbonyl (C=O) groups excluding carboxylic acids is 1. The molecule has 0 radical (unpaired) electrons. The van der Waals surface area contributed by atoms with Crippen LogP contribution in [0.15, 0.2) is 6.20 Å². The van der Waals surface area contributed by atoms with E-state index in [-0.39, 0.29) is 18.9 Å². The van der Waals surface area contributed by atoms with Crippen LogP contribution in [-0.2, 0) is 22.7 Å². The van der Waals surface area contributed by atoms with Crippen molar-refractivity contribution in [2.75, 3.05) is 0 Å². The van der Waals surface area contributed by atoms with Gasteiger partial charge in [-0.05, 0) is 6.92 Å². The van der Waals surface area contributed by atoms with E-state index in [0.717, 1.165) is 6.92 Å². The van der Waals surface area contributed by atoms with Crippen molar-refractivity contribution >= 4 is 11.8 Å². The molecule has 0 aliphatic heterocycles. The van der Waals surface area contributed by atoms with Crippen LogP contribution in [0, 0.1) is 6.92 Å². The van der Waals surface area contributed by atoms with Gasteiger partial charge in [0.25, 0.3) is 0 Å². The van der Waals surface area contributed by atoms with Crippen molar-refractivity contribution in [1.82, 2.24) is 4.98 Å². The number of aliphatic carboxylic acids is 1. The van der Waals surface area contributed by atoms with Crippen molar-refractivity contribution in [3.63, 3.8) is 0 Å². The Labute approximate surface area is 104 Å². The van der Waals surface area contributed by atoms with Gasteiger partial charge in [-0.3, -0.25) is 9.78 Å². The van der Waals surface area contributed by atoms with Crippen LogP contribution in [0.4, 0.5) is 0 Å². The number of carboxylic acid groups (broad SMARTS) is 1. The van der Waals surface area contributed by atoms with E-state index in [4.69, 9.17) is 15.9 Å². The zero-order valence-electron chi connectivity index (χ0n) is 10.2. The lowest BCUT2D eigenvalue weighted by atomic mass is 10.1. The maximum Gasteiger partial charge on any atom is 0.371 e. The number of aliphatic hydroxyl groups is 1. The van der Waals surface area contributed by atoms with E-state index in [1.165, 1.54) is 6.20 Å². The van der Waals surface area contributed by atoms with Crippen LogP contribution in [0.25, 0.3) is 0 Å². The number of hydrogen-bond donors (Lipinski definition) is 4. The minimum absolute atomic E-state index is 0.0871. The molecular weight excluding hydrogens is 240 g/mol. The smallest absolute Gasteiger partial charge is 0.371 e. The predicted molar refractivity (Wildman–Crippen MR) is 62.8 cm³/mol. The zero-order valence-corrected chi connectivity index (χ0v) is 10.2. The van der Waals surface area contributed by atoms with Gasteiger partial charge in [0.05, 0.1) is 12.3 Å². The molecule has 7 nitrogen and oxygen atoms in total. The number of carbonyl (C=O) groups is 2. The molecule has 0 saturated heterocycles. The number of aliphatic hydroxyl groups excluding tert-OH is 1. The van der Waals surface area contributed by atoms with Crippen LogP contribution in [0.5, 0.6) is 5.75 Å². The summed E-state index contributed by atoms with van der Waals surface area (Å²) in [7, 11) is 0. The third-order valence-corrected chi connectivity index (χ3v) is 2.11. The molecular formula is C11H16N2O5. The topological polar surface area (TPSA) is 134 Å². The molecule has 0 saturated carbocycles. The highest BCUT2D eigenvalue weighted by Crippen LogP contribution is 2.22. The SMILES string of the molecule is CC(=O)C(=O)O.Cc1ncc(CO)c(CN)c1O. The lowest BCUT2D eigenvalue weighted by Crippen LogP contribution is -2.05. The first kappa shape index (κ1) is 16.0. The van der Waals surface area contributed by atoms with E-state index < -0.39 is 11.8 Å². The average molecular weight is 256 g/mol. The normalized spacial score (nSPS) is 9.33. The minimum Gasteiger partial charge on any atom is -0.506 e. The standard InChI is InChI=1S/C8H12N2O2.C3H4O3/c1-5-8(12)7(2-9)6(4-11)3-10-5;1-2(4)3(5)6/h3,11-12H,2,4,9H2,1H3;1H3,(H,5,6). The highest BCUT2D eigenvalue weighted by molar-refractivity contribution is 6.31. The number of aromatic nitrogens is 1. The summed E-state index contributed by atoms with van der Waals surface area (Å²) in [6.45, 7) is 2.76. The zero-order chi connectivity index (χ0) is 14.3. The fraction of sp³-hybridized carbons (Fsp3) is 0.364. The summed E-state index contributed by atoms with van der Waals surface area (Å²) >= 11 is 0. The monoisotopic (exact) mass is 256 g/mol. The third kappa shape index (κ3) is 4.48. The molecule has 1 aromatic rings. The second-order valence-corrected chi connectivity index (χ2v) is 3.42. The van der Waals surface area contributed by atoms with Gasteiger partial charge in [0, 0.05) is 30.8 Å². The maximum atomic E-state index is 9.54. The molecule has 18 heavy (non-hydrogen) atoms. The van der Waals surface area contributed by atoms with E-state index in [2.05, 4.69) is 4.98 Å². The molecule has 0 atom stereocenters. The van der Waals surface area contributed by atoms with Crippen LogP contribution in [0.1, 0.15) is 23.7 Å². The molecule has 7 heteroatoms. The lowest BCUT2D eigenvalue weighted by molar-refractivity contribution is -0.148. The van der Waals surface area contributed by atoms with Gasteiger partial charge in [0.2, 0.25) is 5.78 Å². The molecule has 5 N–H and O–H groups in total. The Balaban J connectivity index is 0.000000411. The number of rotatable bonds is 3. The summed E-state index contributed by atoms with van der Waals surface area (Å²) in [6.07, 6.45) is 1.53. The van der Waals surface area contributed by atoms with Gasteiger partial charge in [-0.15, -0.1) is 0 Å². The summed E-state index contributed by atoms with van der Waals surface area (Å²) in [5, 5.41) is 26.0. The van der Waals surface area contributed by atoms with E-state index in [1.54, 1.807) is 6.92 Å². The predicted octanol–water partition coefficient (Wildman–Crippen LogP) is -0.293. The molecule has 0 aliphatic rings. The second-order valence-electron chi connectivity index (χ2n) is 3.42. The number of carboxylic acids is 1. The average Bonchev–Trinajstić information content (AvgIpc) is 2.33. The summed E-state index contributed by atoms with van der Waals surface area (Å²) in [4.78, 5) is 22.8. The molecule has 0 aliphatic carbocycles. The number of aromatic hydroxyl groups is 1. The summed E-state index contributed by atoms with van der Waals surface area (Å²) in [5.41, 5.74) is 7.09. The van der Waals surface area contributed by atoms with Crippen molar-refractivity contribution in [1.29, 1.82) is 0 Å². The molecule has 0 unspecified atom stereocenters. The Hall–Kier alpha value is -1.99. The van der Waals surface area contributed by atoms with Gasteiger partial charge >= 0.3 is 5.97 Å². The van der Waals surface area contributed by atoms with Gasteiger partial charge in [-0.1, -0.05) is 0 Å². The first-order valence-electron chi connectivity index (χ1n) is 5.06. The van der Waals surface area contributed by atoms with Crippen LogP contribution < -0.4 is 5.73 Å². The molecule has 0 amide bonds. The van der Waals surface area contributed by atoms with Gasteiger partial charge in [0.15, 0.2) is 0 Å². The molecule has 0 aromatic carbocycles. The Bertz CT molecular complexity index is 433. The summed E-state index contributed by atoms with van der Waals surface area (Å²) < 4.78 is 0. The second kappa shape index (κ2) is 7.36. The quantitative estimate of drug-likeness (QED) is 0.546. The summed E-state index contributed by atoms with van der Waals surface area (Å²) in [5.74, 6) is -2.12. The number of nitrogens with two attached hydrogens (primary N) is 1. The Morgan fingerprint density at radius 3 is 2.28 bits per heavy atom. The largest absolute Gasteiger partial charge is 0.506 e. The molecule has 0 spiro atoms. The number of hydrogen-bond acceptors (Lipinski definition) is 6. The van der Waals surface area contributed by atoms with E-state index in [0.29, 0.717) is 16.8 Å². The number of aryl methyl sites for hydroxylation is 1. The van der Waals surface area contributed by atoms with Gasteiger partial charge in [0.1, 0.15) is 5.75 Å². The van der Waals surface area contributed by atoms with Crippen molar-refractivity contribution in [2.24, 2.45) is 5.73 Å². The third-order valence-electron chi connectivity index (χ3n) is 2.11. The van der Waals surface area contributed by atoms with Crippen molar-refractivity contribution < 1.29 is 24.9 Å². The number of nitrogens with zero attached hydrogens (tertiary/aromatic N) is 1. The van der Waals surface area contributed by atoms with E-state index in [1.807, 2.05) is 0 Å². The molecule has 1 aromatic heterocycles. The van der Waals surface area contributed by atoms with Crippen LogP contribution in [-0.4, -0.2) is 32.1 Å². The number of pyridine rings is 1. The highest BCUT2D eigenvalue weighted by Gasteiger charge is 2.08. The molecule has 0 bridgehead atoms. The van der Waals surface area contributed by atoms with Gasteiger partial charge in [-0.2, -0.15) is 0 Å². The van der Waals surface area contributed by atoms with Gasteiger partial charge < -0.3 is 21.1 Å². The van der Waals surface area contributed by atoms with Gasteiger partial charge in [-0.25, -0.2) is 4.79 Å². The Morgan fingerprint density at radius 1 is 1.44 bits per heavy atom. The lowest BCUT2D eigenvalue weighted by Gasteiger charge is -2.08. The van der Waals surface area contributed by atoms with Crippen molar-refractivity contribution in [3.05, 3.63) is 23.0 Å². The first-order valence-corrected chi connectivity index (χ1v) is 5.06. The maximum absolute atomic E-state index is 9.54. The first-order chi connectivity index (χ1) is 8.34. The van der Waals surface area contributed by atoms with E-state index >= 15 is 0 Å². The number of Topliss-reactive ketones (excluding diaryl/α,β-unsaturated/α-hetero) is 1. The fourth-order valence-electron chi connectivity index (χ4n) is 1.05. The van der Waals surface area contributed by atoms with Crippen LogP contribution in [0.2, 0.25) is 0 Å². The van der Waals surface area contributed by atoms with E-state index in [9.17, 15) is 14.7 Å². The number of ketones is 1.